The van der Waals surface area contributed by atoms with Crippen molar-refractivity contribution in [1.82, 2.24) is 0 Å². The lowest BCUT2D eigenvalue weighted by atomic mass is 10.2. The molecule has 0 aromatic heterocycles. The molecule has 5 heteroatoms. The largest absolute Gasteiger partial charge is 0.480 e. The molecule has 1 aromatic rings. The number of nitrogens with zero attached hydrogens (tertiary/aromatic N) is 1. The van der Waals surface area contributed by atoms with Crippen LogP contribution in [0.4, 0.5) is 5.69 Å². The van der Waals surface area contributed by atoms with Crippen molar-refractivity contribution >= 4 is 23.3 Å². The highest BCUT2D eigenvalue weighted by atomic mass is 35.5. The topological polar surface area (TPSA) is 49.8 Å². The average molecular weight is 272 g/mol. The molecule has 0 heterocycles. The summed E-state index contributed by atoms with van der Waals surface area (Å²) >= 11 is 5.82. The van der Waals surface area contributed by atoms with Crippen molar-refractivity contribution < 1.29 is 14.6 Å². The fraction of sp³-hybridized carbons (Fsp3) is 0.462. The van der Waals surface area contributed by atoms with Crippen LogP contribution in [0.2, 0.25) is 5.02 Å². The smallest absolute Gasteiger partial charge is 0.323 e. The number of anilines is 1. The van der Waals surface area contributed by atoms with Gasteiger partial charge in [-0.3, -0.25) is 4.79 Å². The Bertz CT molecular complexity index is 367. The number of hydrogen-bond donors (Lipinski definition) is 1. The molecule has 0 atom stereocenters. The number of unbranched alkanes of at least 4 members (excludes halogenated alkanes) is 1. The van der Waals surface area contributed by atoms with E-state index >= 15 is 0 Å². The van der Waals surface area contributed by atoms with Crippen LogP contribution in [0.25, 0.3) is 0 Å². The normalized spacial score (nSPS) is 10.3. The summed E-state index contributed by atoms with van der Waals surface area (Å²) < 4.78 is 4.97. The van der Waals surface area contributed by atoms with Gasteiger partial charge < -0.3 is 14.7 Å². The van der Waals surface area contributed by atoms with Crippen molar-refractivity contribution in [1.29, 1.82) is 0 Å². The van der Waals surface area contributed by atoms with E-state index in [1.165, 1.54) is 0 Å². The van der Waals surface area contributed by atoms with Gasteiger partial charge in [-0.2, -0.15) is 0 Å². The fourth-order valence-corrected chi connectivity index (χ4v) is 1.79. The quantitative estimate of drug-likeness (QED) is 0.739. The highest BCUT2D eigenvalue weighted by Gasteiger charge is 2.10. The van der Waals surface area contributed by atoms with Gasteiger partial charge in [0.2, 0.25) is 0 Å². The highest BCUT2D eigenvalue weighted by Crippen LogP contribution is 2.18. The van der Waals surface area contributed by atoms with E-state index in [2.05, 4.69) is 0 Å². The molecule has 0 unspecified atom stereocenters. The van der Waals surface area contributed by atoms with Crippen LogP contribution in [-0.4, -0.2) is 37.9 Å². The molecule has 1 aromatic carbocycles. The van der Waals surface area contributed by atoms with Gasteiger partial charge in [0, 0.05) is 31.0 Å². The van der Waals surface area contributed by atoms with Crippen molar-refractivity contribution in [3.63, 3.8) is 0 Å². The molecule has 0 amide bonds. The summed E-state index contributed by atoms with van der Waals surface area (Å²) in [5.74, 6) is -0.836. The maximum absolute atomic E-state index is 10.8. The molecule has 18 heavy (non-hydrogen) atoms. The van der Waals surface area contributed by atoms with Crippen LogP contribution in [0, 0.1) is 0 Å². The van der Waals surface area contributed by atoms with E-state index in [0.29, 0.717) is 18.2 Å². The monoisotopic (exact) mass is 271 g/mol. The fourth-order valence-electron chi connectivity index (χ4n) is 1.66. The molecule has 1 N–H and O–H groups in total. The van der Waals surface area contributed by atoms with Crippen LogP contribution in [-0.2, 0) is 9.53 Å². The van der Waals surface area contributed by atoms with E-state index in [4.69, 9.17) is 21.4 Å². The summed E-state index contributed by atoms with van der Waals surface area (Å²) in [5, 5.41) is 9.56. The molecule has 100 valence electrons. The number of halogens is 1. The Morgan fingerprint density at radius 3 is 2.56 bits per heavy atom. The van der Waals surface area contributed by atoms with Gasteiger partial charge >= 0.3 is 5.97 Å². The summed E-state index contributed by atoms with van der Waals surface area (Å²) in [4.78, 5) is 12.7. The SMILES string of the molecule is COCCCCN(CC(=O)O)c1ccc(Cl)cc1. The van der Waals surface area contributed by atoms with Crippen LogP contribution in [0.15, 0.2) is 24.3 Å². The molecular weight excluding hydrogens is 254 g/mol. The molecule has 0 bridgehead atoms. The lowest BCUT2D eigenvalue weighted by molar-refractivity contribution is -0.135. The van der Waals surface area contributed by atoms with E-state index in [-0.39, 0.29) is 6.54 Å². The maximum Gasteiger partial charge on any atom is 0.323 e. The van der Waals surface area contributed by atoms with Crippen LogP contribution >= 0.6 is 11.6 Å². The lowest BCUT2D eigenvalue weighted by Gasteiger charge is -2.22. The minimum atomic E-state index is -0.836. The standard InChI is InChI=1S/C13H18ClNO3/c1-18-9-3-2-8-15(10-13(16)17)12-6-4-11(14)5-7-12/h4-7H,2-3,8-10H2,1H3,(H,16,17). The minimum Gasteiger partial charge on any atom is -0.480 e. The highest BCUT2D eigenvalue weighted by molar-refractivity contribution is 6.30. The molecule has 0 aliphatic rings. The van der Waals surface area contributed by atoms with E-state index in [1.807, 2.05) is 17.0 Å². The summed E-state index contributed by atoms with van der Waals surface area (Å²) in [7, 11) is 1.66. The first-order valence-electron chi connectivity index (χ1n) is 5.84. The van der Waals surface area contributed by atoms with Crippen molar-refractivity contribution in [2.75, 3.05) is 31.7 Å². The van der Waals surface area contributed by atoms with Crippen molar-refractivity contribution in [3.8, 4) is 0 Å². The van der Waals surface area contributed by atoms with E-state index in [1.54, 1.807) is 19.2 Å². The third-order valence-electron chi connectivity index (χ3n) is 2.54. The van der Waals surface area contributed by atoms with Crippen molar-refractivity contribution in [2.24, 2.45) is 0 Å². The van der Waals surface area contributed by atoms with Crippen LogP contribution in [0.1, 0.15) is 12.8 Å². The zero-order chi connectivity index (χ0) is 13.4. The zero-order valence-electron chi connectivity index (χ0n) is 10.4. The lowest BCUT2D eigenvalue weighted by Crippen LogP contribution is -2.30. The Kier molecular flexibility index (Phi) is 6.54. The summed E-state index contributed by atoms with van der Waals surface area (Å²) in [6.45, 7) is 1.38. The first-order valence-corrected chi connectivity index (χ1v) is 6.22. The number of carbonyl (C=O) groups is 1. The van der Waals surface area contributed by atoms with Gasteiger partial charge in [0.25, 0.3) is 0 Å². The predicted octanol–water partition coefficient (Wildman–Crippen LogP) is 2.66. The number of carboxylic acids is 1. The van der Waals surface area contributed by atoms with Crippen LogP contribution in [0.3, 0.4) is 0 Å². The number of benzene rings is 1. The second kappa shape index (κ2) is 7.95. The first-order chi connectivity index (χ1) is 8.63. The minimum absolute atomic E-state index is 0.00534. The summed E-state index contributed by atoms with van der Waals surface area (Å²) in [6, 6.07) is 7.20. The second-order valence-electron chi connectivity index (χ2n) is 3.99. The van der Waals surface area contributed by atoms with E-state index in [0.717, 1.165) is 18.5 Å². The summed E-state index contributed by atoms with van der Waals surface area (Å²) in [6.07, 6.45) is 1.81. The van der Waals surface area contributed by atoms with Crippen molar-refractivity contribution in [2.45, 2.75) is 12.8 Å². The maximum atomic E-state index is 10.8. The van der Waals surface area contributed by atoms with Crippen LogP contribution in [0.5, 0.6) is 0 Å². The van der Waals surface area contributed by atoms with Crippen LogP contribution < -0.4 is 4.90 Å². The number of methoxy groups -OCH3 is 1. The van der Waals surface area contributed by atoms with Gasteiger partial charge in [0.05, 0.1) is 0 Å². The van der Waals surface area contributed by atoms with Gasteiger partial charge in [-0.05, 0) is 37.1 Å². The molecule has 0 aliphatic heterocycles. The Morgan fingerprint density at radius 2 is 2.00 bits per heavy atom. The number of hydrogen-bond acceptors (Lipinski definition) is 3. The molecule has 0 saturated carbocycles. The second-order valence-corrected chi connectivity index (χ2v) is 4.43. The van der Waals surface area contributed by atoms with Gasteiger partial charge in [-0.25, -0.2) is 0 Å². The Morgan fingerprint density at radius 1 is 1.33 bits per heavy atom. The van der Waals surface area contributed by atoms with Gasteiger partial charge in [0.15, 0.2) is 0 Å². The number of carboxylic acid groups (broad SMARTS) is 1. The number of aliphatic carboxylic acids is 1. The number of rotatable bonds is 8. The summed E-state index contributed by atoms with van der Waals surface area (Å²) in [5.41, 5.74) is 0.874. The van der Waals surface area contributed by atoms with Gasteiger partial charge in [0.1, 0.15) is 6.54 Å². The molecule has 0 saturated heterocycles. The Hall–Kier alpha value is -1.26. The molecule has 0 aliphatic carbocycles. The molecule has 0 spiro atoms. The first kappa shape index (κ1) is 14.8. The number of ether oxygens (including phenoxy) is 1. The molecule has 0 radical (unpaired) electrons. The molecule has 1 rings (SSSR count). The Balaban J connectivity index is 2.59. The molecule has 4 nitrogen and oxygen atoms in total. The third-order valence-corrected chi connectivity index (χ3v) is 2.80. The average Bonchev–Trinajstić information content (AvgIpc) is 2.34. The van der Waals surface area contributed by atoms with E-state index in [9.17, 15) is 4.79 Å². The predicted molar refractivity (Wildman–Crippen MR) is 72.4 cm³/mol. The van der Waals surface area contributed by atoms with Gasteiger partial charge in [-0.15, -0.1) is 0 Å². The molecular formula is C13H18ClNO3. The van der Waals surface area contributed by atoms with Crippen molar-refractivity contribution in [3.05, 3.63) is 29.3 Å². The zero-order valence-corrected chi connectivity index (χ0v) is 11.2. The Labute approximate surface area is 112 Å². The third kappa shape index (κ3) is 5.38. The van der Waals surface area contributed by atoms with E-state index < -0.39 is 5.97 Å². The molecule has 0 fully saturated rings. The van der Waals surface area contributed by atoms with Gasteiger partial charge in [-0.1, -0.05) is 11.6 Å².